The predicted octanol–water partition coefficient (Wildman–Crippen LogP) is 2.98. The third kappa shape index (κ3) is 5.73. The molecule has 1 N–H and O–H groups in total. The lowest BCUT2D eigenvalue weighted by molar-refractivity contribution is 0.0600. The first-order chi connectivity index (χ1) is 11.5. The SMILES string of the molecule is COC(=O)c1cnc(OC)c(Br)c1.COc1ncc(CO)cc1Br. The summed E-state index contributed by atoms with van der Waals surface area (Å²) in [5.74, 6) is 0.547. The Balaban J connectivity index is 0.000000243. The van der Waals surface area contributed by atoms with E-state index in [1.54, 1.807) is 25.4 Å². The Morgan fingerprint density at radius 1 is 1.04 bits per heavy atom. The van der Waals surface area contributed by atoms with E-state index in [4.69, 9.17) is 14.6 Å². The van der Waals surface area contributed by atoms with Crippen molar-refractivity contribution in [2.45, 2.75) is 6.61 Å². The summed E-state index contributed by atoms with van der Waals surface area (Å²) in [6.07, 6.45) is 2.97. The molecule has 130 valence electrons. The lowest BCUT2D eigenvalue weighted by atomic mass is 10.3. The van der Waals surface area contributed by atoms with Gasteiger partial charge in [0, 0.05) is 12.4 Å². The van der Waals surface area contributed by atoms with Gasteiger partial charge in [0.2, 0.25) is 11.8 Å². The molecule has 2 aromatic rings. The van der Waals surface area contributed by atoms with E-state index in [-0.39, 0.29) is 6.61 Å². The monoisotopic (exact) mass is 462 g/mol. The van der Waals surface area contributed by atoms with Crippen LogP contribution in [0.25, 0.3) is 0 Å². The van der Waals surface area contributed by atoms with Crippen molar-refractivity contribution in [3.05, 3.63) is 44.6 Å². The topological polar surface area (TPSA) is 90.8 Å². The summed E-state index contributed by atoms with van der Waals surface area (Å²) in [5.41, 5.74) is 1.15. The number of ether oxygens (including phenoxy) is 3. The number of pyridine rings is 2. The Kier molecular flexibility index (Phi) is 8.66. The number of hydrogen-bond acceptors (Lipinski definition) is 7. The number of esters is 1. The highest BCUT2D eigenvalue weighted by molar-refractivity contribution is 9.10. The van der Waals surface area contributed by atoms with Gasteiger partial charge < -0.3 is 19.3 Å². The molecule has 2 heterocycles. The van der Waals surface area contributed by atoms with Gasteiger partial charge in [0.15, 0.2) is 0 Å². The molecule has 0 saturated heterocycles. The number of nitrogens with zero attached hydrogens (tertiary/aromatic N) is 2. The van der Waals surface area contributed by atoms with Crippen LogP contribution in [0.15, 0.2) is 33.5 Å². The van der Waals surface area contributed by atoms with Gasteiger partial charge in [0.1, 0.15) is 0 Å². The molecule has 2 rings (SSSR count). The van der Waals surface area contributed by atoms with E-state index in [1.807, 2.05) is 0 Å². The van der Waals surface area contributed by atoms with Crippen LogP contribution in [0.4, 0.5) is 0 Å². The van der Waals surface area contributed by atoms with E-state index in [2.05, 4.69) is 46.6 Å². The predicted molar refractivity (Wildman–Crippen MR) is 94.2 cm³/mol. The normalized spacial score (nSPS) is 9.58. The molecule has 24 heavy (non-hydrogen) atoms. The Morgan fingerprint density at radius 2 is 1.58 bits per heavy atom. The van der Waals surface area contributed by atoms with Crippen LogP contribution < -0.4 is 9.47 Å². The van der Waals surface area contributed by atoms with E-state index in [1.165, 1.54) is 20.4 Å². The second kappa shape index (κ2) is 10.2. The maximum atomic E-state index is 11.0. The lowest BCUT2D eigenvalue weighted by Gasteiger charge is -2.03. The fourth-order valence-electron chi connectivity index (χ4n) is 1.51. The summed E-state index contributed by atoms with van der Waals surface area (Å²) >= 11 is 6.46. The van der Waals surface area contributed by atoms with Crippen molar-refractivity contribution in [1.29, 1.82) is 0 Å². The highest BCUT2D eigenvalue weighted by Crippen LogP contribution is 2.23. The first-order valence-corrected chi connectivity index (χ1v) is 8.12. The van der Waals surface area contributed by atoms with Gasteiger partial charge in [-0.2, -0.15) is 0 Å². The first kappa shape index (κ1) is 20.3. The van der Waals surface area contributed by atoms with Gasteiger partial charge in [-0.3, -0.25) is 0 Å². The first-order valence-electron chi connectivity index (χ1n) is 6.53. The van der Waals surface area contributed by atoms with Gasteiger partial charge in [0.25, 0.3) is 0 Å². The fourth-order valence-corrected chi connectivity index (χ4v) is 2.58. The van der Waals surface area contributed by atoms with Crippen molar-refractivity contribution in [3.8, 4) is 11.8 Å². The van der Waals surface area contributed by atoms with E-state index in [0.29, 0.717) is 21.8 Å². The molecule has 7 nitrogen and oxygen atoms in total. The highest BCUT2D eigenvalue weighted by Gasteiger charge is 2.09. The Bertz CT molecular complexity index is 698. The number of aliphatic hydroxyl groups excluding tert-OH is 1. The molecule has 9 heteroatoms. The molecule has 0 fully saturated rings. The van der Waals surface area contributed by atoms with Crippen LogP contribution in [0, 0.1) is 0 Å². The number of halogens is 2. The summed E-state index contributed by atoms with van der Waals surface area (Å²) in [6, 6.07) is 3.36. The standard InChI is InChI=1S/C8H8BrNO3.C7H8BrNO2/c1-12-7-6(9)3-5(4-10-7)8(11)13-2;1-11-7-6(8)2-5(4-10)3-9-7/h3-4H,1-2H3;2-3,10H,4H2,1H3. The van der Waals surface area contributed by atoms with Gasteiger partial charge in [-0.05, 0) is 49.6 Å². The molecule has 0 bridgehead atoms. The van der Waals surface area contributed by atoms with Crippen LogP contribution in [-0.4, -0.2) is 42.4 Å². The van der Waals surface area contributed by atoms with Crippen LogP contribution in [0.5, 0.6) is 11.8 Å². The average Bonchev–Trinajstić information content (AvgIpc) is 2.61. The van der Waals surface area contributed by atoms with E-state index < -0.39 is 5.97 Å². The highest BCUT2D eigenvalue weighted by atomic mass is 79.9. The van der Waals surface area contributed by atoms with Gasteiger partial charge in [-0.15, -0.1) is 0 Å². The number of carbonyl (C=O) groups is 1. The molecule has 0 unspecified atom stereocenters. The molecule has 0 saturated carbocycles. The van der Waals surface area contributed by atoms with E-state index in [0.717, 1.165) is 10.0 Å². The zero-order valence-corrected chi connectivity index (χ0v) is 16.4. The maximum Gasteiger partial charge on any atom is 0.339 e. The third-order valence-corrected chi connectivity index (χ3v) is 3.80. The summed E-state index contributed by atoms with van der Waals surface area (Å²) in [5, 5.41) is 8.72. The Morgan fingerprint density at radius 3 is 2.00 bits per heavy atom. The molecule has 0 aromatic carbocycles. The lowest BCUT2D eigenvalue weighted by Crippen LogP contribution is -2.02. The fraction of sp³-hybridized carbons (Fsp3) is 0.267. The maximum absolute atomic E-state index is 11.0. The number of aromatic nitrogens is 2. The molecule has 0 aliphatic heterocycles. The molecular weight excluding hydrogens is 448 g/mol. The number of aliphatic hydroxyl groups is 1. The average molecular weight is 464 g/mol. The largest absolute Gasteiger partial charge is 0.480 e. The van der Waals surface area contributed by atoms with Crippen molar-refractivity contribution >= 4 is 37.8 Å². The zero-order valence-electron chi connectivity index (χ0n) is 13.2. The van der Waals surface area contributed by atoms with E-state index in [9.17, 15) is 4.79 Å². The molecule has 0 radical (unpaired) electrons. The summed E-state index contributed by atoms with van der Waals surface area (Å²) < 4.78 is 15.7. The van der Waals surface area contributed by atoms with Crippen LogP contribution in [0.3, 0.4) is 0 Å². The van der Waals surface area contributed by atoms with Crippen molar-refractivity contribution in [2.75, 3.05) is 21.3 Å². The Labute approximate surface area is 156 Å². The van der Waals surface area contributed by atoms with Crippen LogP contribution >= 0.6 is 31.9 Å². The van der Waals surface area contributed by atoms with Crippen LogP contribution in [0.1, 0.15) is 15.9 Å². The summed E-state index contributed by atoms with van der Waals surface area (Å²) in [7, 11) is 4.37. The van der Waals surface area contributed by atoms with Crippen LogP contribution in [-0.2, 0) is 11.3 Å². The number of methoxy groups -OCH3 is 3. The number of carbonyl (C=O) groups excluding carboxylic acids is 1. The quantitative estimate of drug-likeness (QED) is 0.697. The molecule has 2 aromatic heterocycles. The molecular formula is C15H16Br2N2O5. The Hall–Kier alpha value is -1.71. The molecule has 0 amide bonds. The molecule has 0 aliphatic carbocycles. The second-order valence-electron chi connectivity index (χ2n) is 4.20. The van der Waals surface area contributed by atoms with Gasteiger partial charge in [-0.25, -0.2) is 14.8 Å². The van der Waals surface area contributed by atoms with E-state index >= 15 is 0 Å². The number of hydrogen-bond donors (Lipinski definition) is 1. The van der Waals surface area contributed by atoms with Crippen molar-refractivity contribution in [1.82, 2.24) is 9.97 Å². The zero-order chi connectivity index (χ0) is 18.1. The van der Waals surface area contributed by atoms with Crippen molar-refractivity contribution < 1.29 is 24.1 Å². The van der Waals surface area contributed by atoms with Crippen molar-refractivity contribution in [2.24, 2.45) is 0 Å². The van der Waals surface area contributed by atoms with Crippen LogP contribution in [0.2, 0.25) is 0 Å². The van der Waals surface area contributed by atoms with Gasteiger partial charge >= 0.3 is 5.97 Å². The summed E-state index contributed by atoms with van der Waals surface area (Å²) in [6.45, 7) is -0.00437. The molecule has 0 atom stereocenters. The molecule has 0 spiro atoms. The minimum Gasteiger partial charge on any atom is -0.480 e. The third-order valence-electron chi connectivity index (χ3n) is 2.66. The van der Waals surface area contributed by atoms with Gasteiger partial charge in [-0.1, -0.05) is 0 Å². The molecule has 0 aliphatic rings. The summed E-state index contributed by atoms with van der Waals surface area (Å²) in [4.78, 5) is 18.9. The smallest absolute Gasteiger partial charge is 0.339 e. The minimum absolute atomic E-state index is 0.00437. The minimum atomic E-state index is -0.421. The van der Waals surface area contributed by atoms with Gasteiger partial charge in [0.05, 0.1) is 42.4 Å². The van der Waals surface area contributed by atoms with Crippen molar-refractivity contribution in [3.63, 3.8) is 0 Å². The second-order valence-corrected chi connectivity index (χ2v) is 5.91. The number of rotatable bonds is 4.